The van der Waals surface area contributed by atoms with Crippen LogP contribution in [0.3, 0.4) is 0 Å². The van der Waals surface area contributed by atoms with Crippen molar-refractivity contribution in [3.8, 4) is 5.75 Å². The molecule has 0 aliphatic carbocycles. The Kier molecular flexibility index (Phi) is 6.96. The van der Waals surface area contributed by atoms with Crippen molar-refractivity contribution in [2.45, 2.75) is 25.3 Å². The largest absolute Gasteiger partial charge is 0.497 e. The van der Waals surface area contributed by atoms with Crippen LogP contribution >= 0.6 is 0 Å². The summed E-state index contributed by atoms with van der Waals surface area (Å²) in [6.45, 7) is 3.08. The first-order valence-corrected chi connectivity index (χ1v) is 10.9. The minimum Gasteiger partial charge on any atom is -0.497 e. The molecule has 0 radical (unpaired) electrons. The first-order chi connectivity index (χ1) is 15.2. The second-order valence-electron chi connectivity index (χ2n) is 8.13. The molecule has 0 unspecified atom stereocenters. The van der Waals surface area contributed by atoms with E-state index < -0.39 is 0 Å². The maximum atomic E-state index is 12.7. The van der Waals surface area contributed by atoms with Crippen molar-refractivity contribution in [1.29, 1.82) is 0 Å². The summed E-state index contributed by atoms with van der Waals surface area (Å²) < 4.78 is 5.17. The van der Waals surface area contributed by atoms with E-state index in [1.165, 1.54) is 24.0 Å². The third-order valence-corrected chi connectivity index (χ3v) is 6.02. The zero-order valence-electron chi connectivity index (χ0n) is 18.0. The minimum absolute atomic E-state index is 0.0282. The van der Waals surface area contributed by atoms with Gasteiger partial charge in [-0.2, -0.15) is 0 Å². The molecule has 1 fully saturated rings. The molecule has 0 aromatic heterocycles. The van der Waals surface area contributed by atoms with Gasteiger partial charge in [0.15, 0.2) is 5.78 Å². The van der Waals surface area contributed by atoms with Gasteiger partial charge in [-0.15, -0.1) is 0 Å². The van der Waals surface area contributed by atoms with Crippen LogP contribution in [-0.4, -0.2) is 30.9 Å². The van der Waals surface area contributed by atoms with E-state index in [0.29, 0.717) is 5.92 Å². The first kappa shape index (κ1) is 21.1. The van der Waals surface area contributed by atoms with Crippen LogP contribution in [0.5, 0.6) is 5.75 Å². The molecule has 158 valence electrons. The van der Waals surface area contributed by atoms with Crippen LogP contribution in [0.4, 0.5) is 0 Å². The fourth-order valence-corrected chi connectivity index (χ4v) is 4.21. The first-order valence-electron chi connectivity index (χ1n) is 10.9. The number of hydrogen-bond acceptors (Lipinski definition) is 3. The van der Waals surface area contributed by atoms with Gasteiger partial charge >= 0.3 is 0 Å². The molecule has 1 aliphatic rings. The van der Waals surface area contributed by atoms with Gasteiger partial charge in [0.25, 0.3) is 0 Å². The highest BCUT2D eigenvalue weighted by Gasteiger charge is 2.20. The van der Waals surface area contributed by atoms with E-state index in [4.69, 9.17) is 4.74 Å². The van der Waals surface area contributed by atoms with E-state index in [0.717, 1.165) is 36.5 Å². The van der Waals surface area contributed by atoms with Crippen LogP contribution < -0.4 is 4.74 Å². The summed E-state index contributed by atoms with van der Waals surface area (Å²) in [5.74, 6) is 1.50. The Hall–Kier alpha value is -3.17. The van der Waals surface area contributed by atoms with Crippen molar-refractivity contribution >= 4 is 11.9 Å². The third-order valence-electron chi connectivity index (χ3n) is 6.02. The van der Waals surface area contributed by atoms with E-state index >= 15 is 0 Å². The number of nitrogens with zero attached hydrogens (tertiary/aromatic N) is 1. The highest BCUT2D eigenvalue weighted by atomic mass is 16.5. The van der Waals surface area contributed by atoms with E-state index in [-0.39, 0.29) is 5.78 Å². The number of ether oxygens (including phenoxy) is 1. The van der Waals surface area contributed by atoms with Gasteiger partial charge in [0.2, 0.25) is 0 Å². The predicted octanol–water partition coefficient (Wildman–Crippen LogP) is 5.97. The maximum absolute atomic E-state index is 12.7. The molecule has 0 N–H and O–H groups in total. The number of benzene rings is 3. The molecule has 4 rings (SSSR count). The van der Waals surface area contributed by atoms with Crippen LogP contribution in [-0.2, 0) is 6.54 Å². The highest BCUT2D eigenvalue weighted by Crippen LogP contribution is 2.28. The third kappa shape index (κ3) is 5.71. The molecule has 0 spiro atoms. The van der Waals surface area contributed by atoms with Crippen molar-refractivity contribution in [3.63, 3.8) is 0 Å². The number of hydrogen-bond donors (Lipinski definition) is 0. The Labute approximate surface area is 185 Å². The summed E-state index contributed by atoms with van der Waals surface area (Å²) in [5, 5.41) is 0. The SMILES string of the molecule is COc1ccc(/C=C/C(=O)c2cccc(CN3CCC(c4ccccc4)CC3)c2)cc1. The molecular weight excluding hydrogens is 382 g/mol. The van der Waals surface area contributed by atoms with E-state index in [2.05, 4.69) is 41.3 Å². The van der Waals surface area contributed by atoms with Gasteiger partial charge in [-0.25, -0.2) is 0 Å². The quantitative estimate of drug-likeness (QED) is 0.354. The molecule has 1 saturated heterocycles. The Morgan fingerprint density at radius 3 is 2.42 bits per heavy atom. The van der Waals surface area contributed by atoms with Gasteiger partial charge in [-0.05, 0) is 72.8 Å². The van der Waals surface area contributed by atoms with Gasteiger partial charge in [-0.1, -0.05) is 66.7 Å². The van der Waals surface area contributed by atoms with Crippen molar-refractivity contribution < 1.29 is 9.53 Å². The molecule has 31 heavy (non-hydrogen) atoms. The molecule has 0 atom stereocenters. The maximum Gasteiger partial charge on any atom is 0.185 e. The molecule has 1 heterocycles. The molecule has 3 heteroatoms. The summed E-state index contributed by atoms with van der Waals surface area (Å²) in [6, 6.07) is 26.5. The smallest absolute Gasteiger partial charge is 0.185 e. The Balaban J connectivity index is 1.34. The Bertz CT molecular complexity index is 1020. The average molecular weight is 412 g/mol. The Morgan fingerprint density at radius 2 is 1.71 bits per heavy atom. The summed E-state index contributed by atoms with van der Waals surface area (Å²) in [6.07, 6.45) is 5.87. The minimum atomic E-state index is 0.0282. The number of carbonyl (C=O) groups is 1. The van der Waals surface area contributed by atoms with Gasteiger partial charge in [0.05, 0.1) is 7.11 Å². The molecule has 1 aliphatic heterocycles. The molecule has 0 bridgehead atoms. The predicted molar refractivity (Wildman–Crippen MR) is 126 cm³/mol. The van der Waals surface area contributed by atoms with Crippen LogP contribution in [0, 0.1) is 0 Å². The van der Waals surface area contributed by atoms with Gasteiger partial charge in [0, 0.05) is 12.1 Å². The molecule has 0 saturated carbocycles. The monoisotopic (exact) mass is 411 g/mol. The number of carbonyl (C=O) groups excluding carboxylic acids is 1. The lowest BCUT2D eigenvalue weighted by atomic mass is 9.89. The summed E-state index contributed by atoms with van der Waals surface area (Å²) >= 11 is 0. The number of methoxy groups -OCH3 is 1. The molecular formula is C28H29NO2. The normalized spacial score (nSPS) is 15.3. The summed E-state index contributed by atoms with van der Waals surface area (Å²) in [4.78, 5) is 15.2. The van der Waals surface area contributed by atoms with Crippen molar-refractivity contribution in [1.82, 2.24) is 4.90 Å². The zero-order valence-corrected chi connectivity index (χ0v) is 18.0. The van der Waals surface area contributed by atoms with Crippen LogP contribution in [0.25, 0.3) is 6.08 Å². The fraction of sp³-hybridized carbons (Fsp3) is 0.250. The lowest BCUT2D eigenvalue weighted by Crippen LogP contribution is -2.32. The Morgan fingerprint density at radius 1 is 0.968 bits per heavy atom. The van der Waals surface area contributed by atoms with E-state index in [1.807, 2.05) is 48.5 Å². The topological polar surface area (TPSA) is 29.5 Å². The van der Waals surface area contributed by atoms with Crippen molar-refractivity contribution in [2.24, 2.45) is 0 Å². The number of ketones is 1. The second-order valence-corrected chi connectivity index (χ2v) is 8.13. The van der Waals surface area contributed by atoms with Crippen molar-refractivity contribution in [2.75, 3.05) is 20.2 Å². The molecule has 3 nitrogen and oxygen atoms in total. The lowest BCUT2D eigenvalue weighted by Gasteiger charge is -2.32. The fourth-order valence-electron chi connectivity index (χ4n) is 4.21. The standard InChI is InChI=1S/C28H29NO2/c1-31-27-13-10-22(11-14-27)12-15-28(30)26-9-5-6-23(20-26)21-29-18-16-25(17-19-29)24-7-3-2-4-8-24/h2-15,20,25H,16-19,21H2,1H3/b15-12+. The molecule has 3 aromatic carbocycles. The number of piperidine rings is 1. The molecule has 3 aromatic rings. The number of allylic oxidation sites excluding steroid dienone is 1. The molecule has 0 amide bonds. The van der Waals surface area contributed by atoms with E-state index in [9.17, 15) is 4.79 Å². The number of likely N-dealkylation sites (tertiary alicyclic amines) is 1. The average Bonchev–Trinajstić information content (AvgIpc) is 2.84. The highest BCUT2D eigenvalue weighted by molar-refractivity contribution is 6.06. The van der Waals surface area contributed by atoms with Gasteiger partial charge in [-0.3, -0.25) is 9.69 Å². The summed E-state index contributed by atoms with van der Waals surface area (Å²) in [7, 11) is 1.65. The van der Waals surface area contributed by atoms with Crippen LogP contribution in [0.15, 0.2) is 84.9 Å². The van der Waals surface area contributed by atoms with Crippen molar-refractivity contribution in [3.05, 3.63) is 107 Å². The van der Waals surface area contributed by atoms with Gasteiger partial charge < -0.3 is 4.74 Å². The summed E-state index contributed by atoms with van der Waals surface area (Å²) in [5.41, 5.74) is 4.37. The number of rotatable bonds is 7. The van der Waals surface area contributed by atoms with Crippen LogP contribution in [0.1, 0.15) is 45.8 Å². The van der Waals surface area contributed by atoms with Gasteiger partial charge in [0.1, 0.15) is 5.75 Å². The van der Waals surface area contributed by atoms with Crippen LogP contribution in [0.2, 0.25) is 0 Å². The van der Waals surface area contributed by atoms with E-state index in [1.54, 1.807) is 13.2 Å². The second kappa shape index (κ2) is 10.2. The lowest BCUT2D eigenvalue weighted by molar-refractivity contribution is 0.104. The zero-order chi connectivity index (χ0) is 21.5.